The zero-order valence-corrected chi connectivity index (χ0v) is 18.1. The number of hydrogen-bond acceptors (Lipinski definition) is 4. The second kappa shape index (κ2) is 8.49. The van der Waals surface area contributed by atoms with Gasteiger partial charge in [-0.3, -0.25) is 9.69 Å². The number of amides is 1. The number of nitrogens with one attached hydrogen (secondary N) is 1. The fourth-order valence-corrected chi connectivity index (χ4v) is 5.24. The van der Waals surface area contributed by atoms with Gasteiger partial charge in [-0.1, -0.05) is 25.5 Å². The summed E-state index contributed by atoms with van der Waals surface area (Å²) in [5, 5.41) is 3.40. The Labute approximate surface area is 175 Å². The lowest BCUT2D eigenvalue weighted by molar-refractivity contribution is -0.0105. The number of allylic oxidation sites excluding steroid dienone is 1. The number of nitrogens with zero attached hydrogens (tertiary/aromatic N) is 2. The van der Waals surface area contributed by atoms with Gasteiger partial charge in [0, 0.05) is 51.4 Å². The predicted molar refractivity (Wildman–Crippen MR) is 116 cm³/mol. The Kier molecular flexibility index (Phi) is 5.98. The molecule has 29 heavy (non-hydrogen) atoms. The van der Waals surface area contributed by atoms with Gasteiger partial charge in [-0.05, 0) is 54.4 Å². The van der Waals surface area contributed by atoms with Crippen LogP contribution < -0.4 is 10.1 Å². The summed E-state index contributed by atoms with van der Waals surface area (Å²) in [6, 6.07) is 7.53. The molecule has 158 valence electrons. The zero-order chi connectivity index (χ0) is 20.4. The SMILES string of the molecule is COc1ccc(C(=O)N(CCN2CCNCC2)CC2=CC[C@H]3C[C@@H]2C3(C)C)cc1. The minimum absolute atomic E-state index is 0.128. The van der Waals surface area contributed by atoms with E-state index in [2.05, 4.69) is 35.0 Å². The van der Waals surface area contributed by atoms with Crippen LogP contribution in [-0.2, 0) is 0 Å². The number of ether oxygens (including phenoxy) is 1. The van der Waals surface area contributed by atoms with Gasteiger partial charge < -0.3 is 15.0 Å². The molecule has 1 saturated heterocycles. The van der Waals surface area contributed by atoms with Crippen LogP contribution in [-0.4, -0.2) is 68.6 Å². The van der Waals surface area contributed by atoms with Crippen molar-refractivity contribution in [2.75, 3.05) is 52.9 Å². The van der Waals surface area contributed by atoms with E-state index in [1.165, 1.54) is 18.4 Å². The molecule has 2 atom stereocenters. The van der Waals surface area contributed by atoms with E-state index in [9.17, 15) is 4.79 Å². The number of carbonyl (C=O) groups is 1. The molecule has 1 saturated carbocycles. The van der Waals surface area contributed by atoms with Gasteiger partial charge >= 0.3 is 0 Å². The Bertz CT molecular complexity index is 750. The molecule has 0 unspecified atom stereocenters. The number of benzene rings is 1. The van der Waals surface area contributed by atoms with E-state index in [1.54, 1.807) is 7.11 Å². The van der Waals surface area contributed by atoms with Crippen molar-refractivity contribution in [2.45, 2.75) is 26.7 Å². The number of rotatable bonds is 7. The average Bonchev–Trinajstić information content (AvgIpc) is 2.76. The number of piperazine rings is 1. The van der Waals surface area contributed by atoms with E-state index in [4.69, 9.17) is 4.74 Å². The summed E-state index contributed by atoms with van der Waals surface area (Å²) in [4.78, 5) is 17.9. The summed E-state index contributed by atoms with van der Waals surface area (Å²) in [5.74, 6) is 2.36. The van der Waals surface area contributed by atoms with Gasteiger partial charge in [0.15, 0.2) is 0 Å². The van der Waals surface area contributed by atoms with Crippen LogP contribution in [0.4, 0.5) is 0 Å². The second-order valence-electron chi connectivity index (χ2n) is 9.37. The molecular formula is C24H35N3O2. The number of fused-ring (bicyclic) bond motifs is 1. The number of hydrogen-bond donors (Lipinski definition) is 1. The van der Waals surface area contributed by atoms with Gasteiger partial charge in [-0.15, -0.1) is 0 Å². The lowest BCUT2D eigenvalue weighted by atomic mass is 9.49. The molecular weight excluding hydrogens is 362 g/mol. The molecule has 1 heterocycles. The van der Waals surface area contributed by atoms with Gasteiger partial charge in [0.2, 0.25) is 0 Å². The van der Waals surface area contributed by atoms with Crippen LogP contribution in [0.25, 0.3) is 0 Å². The minimum Gasteiger partial charge on any atom is -0.497 e. The fourth-order valence-electron chi connectivity index (χ4n) is 5.24. The first-order chi connectivity index (χ1) is 14.0. The Morgan fingerprint density at radius 3 is 2.59 bits per heavy atom. The molecule has 0 aromatic heterocycles. The molecule has 4 aliphatic rings. The van der Waals surface area contributed by atoms with E-state index in [-0.39, 0.29) is 5.91 Å². The third-order valence-corrected chi connectivity index (χ3v) is 7.48. The highest BCUT2D eigenvalue weighted by Crippen LogP contribution is 2.59. The van der Waals surface area contributed by atoms with Crippen LogP contribution in [0.5, 0.6) is 5.75 Å². The van der Waals surface area contributed by atoms with Crippen molar-refractivity contribution in [3.8, 4) is 5.75 Å². The van der Waals surface area contributed by atoms with Crippen LogP contribution in [0.2, 0.25) is 0 Å². The molecule has 5 rings (SSSR count). The van der Waals surface area contributed by atoms with Gasteiger partial charge in [-0.25, -0.2) is 0 Å². The molecule has 1 aromatic rings. The molecule has 1 N–H and O–H groups in total. The monoisotopic (exact) mass is 397 g/mol. The van der Waals surface area contributed by atoms with Gasteiger partial charge in [0.05, 0.1) is 7.11 Å². The highest BCUT2D eigenvalue weighted by molar-refractivity contribution is 5.94. The van der Waals surface area contributed by atoms with Crippen molar-refractivity contribution in [1.29, 1.82) is 0 Å². The first-order valence-electron chi connectivity index (χ1n) is 11.0. The maximum Gasteiger partial charge on any atom is 0.254 e. The second-order valence-corrected chi connectivity index (χ2v) is 9.37. The van der Waals surface area contributed by atoms with Crippen molar-refractivity contribution >= 4 is 5.91 Å². The normalized spacial score (nSPS) is 25.7. The molecule has 1 aliphatic heterocycles. The molecule has 3 aliphatic carbocycles. The van der Waals surface area contributed by atoms with E-state index < -0.39 is 0 Å². The minimum atomic E-state index is 0.128. The smallest absolute Gasteiger partial charge is 0.254 e. The summed E-state index contributed by atoms with van der Waals surface area (Å²) in [5.41, 5.74) is 2.60. The van der Waals surface area contributed by atoms with Crippen molar-refractivity contribution in [2.24, 2.45) is 17.3 Å². The molecule has 2 fully saturated rings. The highest BCUT2D eigenvalue weighted by Gasteiger charge is 2.51. The summed E-state index contributed by atoms with van der Waals surface area (Å²) in [6.45, 7) is 11.5. The topological polar surface area (TPSA) is 44.8 Å². The lowest BCUT2D eigenvalue weighted by Gasteiger charge is -2.57. The maximum atomic E-state index is 13.4. The molecule has 0 radical (unpaired) electrons. The van der Waals surface area contributed by atoms with Gasteiger partial charge in [-0.2, -0.15) is 0 Å². The third-order valence-electron chi connectivity index (χ3n) is 7.48. The largest absolute Gasteiger partial charge is 0.497 e. The molecule has 5 nitrogen and oxygen atoms in total. The van der Waals surface area contributed by atoms with Gasteiger partial charge in [0.1, 0.15) is 5.75 Å². The Hall–Kier alpha value is -1.85. The van der Waals surface area contributed by atoms with E-state index in [1.807, 2.05) is 24.3 Å². The molecule has 2 bridgehead atoms. The molecule has 0 spiro atoms. The summed E-state index contributed by atoms with van der Waals surface area (Å²) in [7, 11) is 1.65. The predicted octanol–water partition coefficient (Wildman–Crippen LogP) is 3.04. The first-order valence-corrected chi connectivity index (χ1v) is 11.0. The number of carbonyl (C=O) groups excluding carboxylic acids is 1. The highest BCUT2D eigenvalue weighted by atomic mass is 16.5. The van der Waals surface area contributed by atoms with Crippen molar-refractivity contribution in [3.05, 3.63) is 41.5 Å². The standard InChI is InChI=1S/C24H35N3O2/c1-24(2)20-7-4-19(22(24)16-20)17-27(15-14-26-12-10-25-11-13-26)23(28)18-5-8-21(29-3)9-6-18/h4-6,8-9,20,22,25H,7,10-17H2,1-3H3/t20-,22-/m0/s1. The van der Waals surface area contributed by atoms with E-state index in [0.717, 1.165) is 63.0 Å². The quantitative estimate of drug-likeness (QED) is 0.719. The maximum absolute atomic E-state index is 13.4. The number of methoxy groups -OCH3 is 1. The van der Waals surface area contributed by atoms with E-state index in [0.29, 0.717) is 11.3 Å². The Morgan fingerprint density at radius 1 is 1.24 bits per heavy atom. The zero-order valence-electron chi connectivity index (χ0n) is 18.1. The van der Waals surface area contributed by atoms with E-state index >= 15 is 0 Å². The first kappa shape index (κ1) is 20.4. The fraction of sp³-hybridized carbons (Fsp3) is 0.625. The summed E-state index contributed by atoms with van der Waals surface area (Å²) >= 11 is 0. The van der Waals surface area contributed by atoms with Crippen LogP contribution >= 0.6 is 0 Å². The molecule has 5 heteroatoms. The van der Waals surface area contributed by atoms with Crippen LogP contribution in [0.3, 0.4) is 0 Å². The average molecular weight is 398 g/mol. The van der Waals surface area contributed by atoms with Crippen molar-refractivity contribution in [3.63, 3.8) is 0 Å². The molecule has 1 amide bonds. The summed E-state index contributed by atoms with van der Waals surface area (Å²) < 4.78 is 5.25. The Balaban J connectivity index is 1.48. The third kappa shape index (κ3) is 4.22. The van der Waals surface area contributed by atoms with Crippen LogP contribution in [0, 0.1) is 17.3 Å². The Morgan fingerprint density at radius 2 is 1.97 bits per heavy atom. The summed E-state index contributed by atoms with van der Waals surface area (Å²) in [6.07, 6.45) is 4.88. The van der Waals surface area contributed by atoms with Crippen molar-refractivity contribution < 1.29 is 9.53 Å². The van der Waals surface area contributed by atoms with Gasteiger partial charge in [0.25, 0.3) is 5.91 Å². The lowest BCUT2D eigenvalue weighted by Crippen LogP contribution is -2.51. The van der Waals surface area contributed by atoms with Crippen LogP contribution in [0.1, 0.15) is 37.0 Å². The van der Waals surface area contributed by atoms with Crippen LogP contribution in [0.15, 0.2) is 35.9 Å². The van der Waals surface area contributed by atoms with Crippen molar-refractivity contribution in [1.82, 2.24) is 15.1 Å². The molecule has 1 aromatic carbocycles.